The van der Waals surface area contributed by atoms with E-state index in [2.05, 4.69) is 41.9 Å². The number of esters is 3. The van der Waals surface area contributed by atoms with Gasteiger partial charge in [0.2, 0.25) is 0 Å². The number of carbonyl (C=O) groups excluding carboxylic acids is 3. The second-order valence-electron chi connectivity index (χ2n) is 21.3. The van der Waals surface area contributed by atoms with E-state index in [1.165, 1.54) is 193 Å². The fourth-order valence-electron chi connectivity index (χ4n) is 9.45. The largest absolute Gasteiger partial charge is 1.00 e. The van der Waals surface area contributed by atoms with Gasteiger partial charge in [-0.15, -0.1) is 0 Å². The molecule has 1 aliphatic heterocycles. The zero-order valence-corrected chi connectivity index (χ0v) is 45.4. The highest BCUT2D eigenvalue weighted by atomic mass is 35.5. The molecule has 0 aromatic heterocycles. The molecular weight excluding hydrogens is 846 g/mol. The van der Waals surface area contributed by atoms with E-state index >= 15 is 0 Å². The van der Waals surface area contributed by atoms with Crippen LogP contribution >= 0.6 is 0 Å². The van der Waals surface area contributed by atoms with Gasteiger partial charge in [-0.3, -0.25) is 14.4 Å². The first kappa shape index (κ1) is 64.6. The highest BCUT2D eigenvalue weighted by molar-refractivity contribution is 5.71. The number of rotatable bonds is 48. The quantitative estimate of drug-likeness (QED) is 0.0260. The smallest absolute Gasteiger partial charge is 0.306 e. The summed E-state index contributed by atoms with van der Waals surface area (Å²) in [6, 6.07) is 0. The van der Waals surface area contributed by atoms with Crippen LogP contribution in [0.1, 0.15) is 290 Å². The van der Waals surface area contributed by atoms with Gasteiger partial charge < -0.3 is 35.8 Å². The van der Waals surface area contributed by atoms with E-state index in [9.17, 15) is 14.4 Å². The molecule has 0 N–H and O–H groups in total. The molecule has 0 spiro atoms. The predicted octanol–water partition coefficient (Wildman–Crippen LogP) is 13.3. The highest BCUT2D eigenvalue weighted by Gasteiger charge is 2.49. The van der Waals surface area contributed by atoms with Crippen LogP contribution in [-0.4, -0.2) is 81.1 Å². The Bertz CT molecular complexity index is 1100. The monoisotopic (exact) mass is 956 g/mol. The average molecular weight is 957 g/mol. The van der Waals surface area contributed by atoms with Crippen molar-refractivity contribution in [3.8, 4) is 0 Å². The summed E-state index contributed by atoms with van der Waals surface area (Å²) in [7, 11) is 6.18. The molecule has 66 heavy (non-hydrogen) atoms. The highest BCUT2D eigenvalue weighted by Crippen LogP contribution is 2.28. The summed E-state index contributed by atoms with van der Waals surface area (Å²) in [5.41, 5.74) is 0. The van der Waals surface area contributed by atoms with Crippen LogP contribution in [0.3, 0.4) is 0 Å². The molecule has 1 saturated heterocycles. The van der Waals surface area contributed by atoms with Gasteiger partial charge in [-0.2, -0.15) is 0 Å². The summed E-state index contributed by atoms with van der Waals surface area (Å²) in [5.74, 6) is -0.814. The van der Waals surface area contributed by atoms with Gasteiger partial charge in [-0.05, 0) is 19.3 Å². The summed E-state index contributed by atoms with van der Waals surface area (Å²) < 4.78 is 25.3. The molecule has 8 nitrogen and oxygen atoms in total. The zero-order valence-electron chi connectivity index (χ0n) is 44.6. The van der Waals surface area contributed by atoms with Crippen molar-refractivity contribution in [2.24, 2.45) is 0 Å². The molecule has 1 aliphatic rings. The number of ether oxygens (including phenoxy) is 4. The Kier molecular flexibility index (Phi) is 45.1. The predicted molar refractivity (Wildman–Crippen MR) is 273 cm³/mol. The first-order valence-electron chi connectivity index (χ1n) is 28.6. The lowest BCUT2D eigenvalue weighted by molar-refractivity contribution is -0.873. The minimum Gasteiger partial charge on any atom is -1.00 e. The van der Waals surface area contributed by atoms with Crippen LogP contribution in [0.5, 0.6) is 0 Å². The molecule has 0 bridgehead atoms. The van der Waals surface area contributed by atoms with Gasteiger partial charge in [-0.25, -0.2) is 0 Å². The van der Waals surface area contributed by atoms with Gasteiger partial charge in [0.1, 0.15) is 12.6 Å². The second-order valence-corrected chi connectivity index (χ2v) is 21.3. The van der Waals surface area contributed by atoms with Crippen LogP contribution in [-0.2, 0) is 33.3 Å². The number of hydrogen-bond acceptors (Lipinski definition) is 7. The Balaban J connectivity index is 0.0000422. The molecular formula is C57H110ClNO7. The van der Waals surface area contributed by atoms with Crippen LogP contribution in [0.15, 0.2) is 0 Å². The van der Waals surface area contributed by atoms with Gasteiger partial charge in [-0.1, -0.05) is 252 Å². The van der Waals surface area contributed by atoms with Crippen LogP contribution < -0.4 is 12.4 Å². The van der Waals surface area contributed by atoms with E-state index in [4.69, 9.17) is 18.9 Å². The van der Waals surface area contributed by atoms with E-state index in [-0.39, 0.29) is 36.9 Å². The van der Waals surface area contributed by atoms with Gasteiger partial charge >= 0.3 is 17.9 Å². The van der Waals surface area contributed by atoms with Gasteiger partial charge in [0.25, 0.3) is 0 Å². The standard InChI is InChI=1S/C57H110NO7.ClH/c1-7-10-13-16-19-22-25-28-31-34-37-40-43-46-53(59)63-51(49-58(4,5)6)56-57(65-55(61)48-45-42-39-36-33-30-27-24-21-18-15-12-9-3)52(50-62-56)64-54(60)47-44-41-38-35-32-29-26-23-20-17-14-11-8-2;/h51-52,56-57H,7-50H2,1-6H3;1H/q+1;/p-1/t51-,52+,56-,57-;/m1./s1. The Hall–Kier alpha value is -1.38. The molecule has 0 aromatic carbocycles. The second kappa shape index (κ2) is 46.0. The molecule has 0 unspecified atom stereocenters. The van der Waals surface area contributed by atoms with E-state index in [0.717, 1.165) is 57.8 Å². The normalized spacial score (nSPS) is 16.5. The van der Waals surface area contributed by atoms with E-state index < -0.39 is 24.4 Å². The van der Waals surface area contributed by atoms with Crippen molar-refractivity contribution in [2.75, 3.05) is 34.3 Å². The number of carbonyl (C=O) groups is 3. The summed E-state index contributed by atoms with van der Waals surface area (Å²) in [5, 5.41) is 0. The maximum atomic E-state index is 13.4. The van der Waals surface area contributed by atoms with Crippen LogP contribution in [0.4, 0.5) is 0 Å². The number of likely N-dealkylation sites (N-methyl/N-ethyl adjacent to an activating group) is 1. The number of quaternary nitrogens is 1. The van der Waals surface area contributed by atoms with Crippen molar-refractivity contribution in [3.05, 3.63) is 0 Å². The summed E-state index contributed by atoms with van der Waals surface area (Å²) in [6.45, 7) is 7.41. The topological polar surface area (TPSA) is 88.1 Å². The van der Waals surface area contributed by atoms with Crippen LogP contribution in [0.2, 0.25) is 0 Å². The molecule has 1 fully saturated rings. The Labute approximate surface area is 415 Å². The molecule has 1 rings (SSSR count). The van der Waals surface area contributed by atoms with Crippen molar-refractivity contribution >= 4 is 17.9 Å². The SMILES string of the molecule is CCCCCCCCCCCCCCCC(=O)O[C@H]1[C@@H]([C@@H](C[N+](C)(C)C)OC(=O)CCCCCCCCCCCCCCC)OC[C@@H]1OC(=O)CCCCCCCCCCCCCCC.[Cl-]. The lowest BCUT2D eigenvalue weighted by Gasteiger charge is -2.33. The lowest BCUT2D eigenvalue weighted by atomic mass is 10.0. The summed E-state index contributed by atoms with van der Waals surface area (Å²) >= 11 is 0. The summed E-state index contributed by atoms with van der Waals surface area (Å²) in [6.07, 6.45) is 46.8. The zero-order chi connectivity index (χ0) is 47.5. The average Bonchev–Trinajstić information content (AvgIpc) is 3.65. The fraction of sp³-hybridized carbons (Fsp3) is 0.947. The minimum atomic E-state index is -0.819. The maximum Gasteiger partial charge on any atom is 0.306 e. The first-order chi connectivity index (χ1) is 31.6. The number of hydrogen-bond donors (Lipinski definition) is 0. The molecule has 1 heterocycles. The molecule has 0 aliphatic carbocycles. The van der Waals surface area contributed by atoms with Crippen molar-refractivity contribution in [1.29, 1.82) is 0 Å². The van der Waals surface area contributed by atoms with Crippen molar-refractivity contribution in [3.63, 3.8) is 0 Å². The molecule has 4 atom stereocenters. The molecule has 0 radical (unpaired) electrons. The third-order valence-electron chi connectivity index (χ3n) is 13.5. The first-order valence-corrected chi connectivity index (χ1v) is 28.6. The fourth-order valence-corrected chi connectivity index (χ4v) is 9.45. The van der Waals surface area contributed by atoms with Crippen molar-refractivity contribution in [1.82, 2.24) is 0 Å². The maximum absolute atomic E-state index is 13.4. The van der Waals surface area contributed by atoms with E-state index in [0.29, 0.717) is 30.3 Å². The molecule has 9 heteroatoms. The van der Waals surface area contributed by atoms with E-state index in [1.54, 1.807) is 0 Å². The Morgan fingerprint density at radius 2 is 0.697 bits per heavy atom. The molecule has 0 saturated carbocycles. The van der Waals surface area contributed by atoms with Crippen molar-refractivity contribution in [2.45, 2.75) is 315 Å². The Morgan fingerprint density at radius 1 is 0.424 bits per heavy atom. The third kappa shape index (κ3) is 39.5. The molecule has 0 amide bonds. The van der Waals surface area contributed by atoms with Crippen molar-refractivity contribution < 1.29 is 50.2 Å². The summed E-state index contributed by atoms with van der Waals surface area (Å²) in [4.78, 5) is 40.0. The minimum absolute atomic E-state index is 0. The van der Waals surface area contributed by atoms with Gasteiger partial charge in [0.05, 0.1) is 27.7 Å². The van der Waals surface area contributed by atoms with E-state index in [1.807, 2.05) is 0 Å². The number of unbranched alkanes of at least 4 members (excludes halogenated alkanes) is 36. The molecule has 392 valence electrons. The van der Waals surface area contributed by atoms with Gasteiger partial charge in [0.15, 0.2) is 18.3 Å². The van der Waals surface area contributed by atoms with Crippen LogP contribution in [0.25, 0.3) is 0 Å². The number of nitrogens with zero attached hydrogens (tertiary/aromatic N) is 1. The lowest BCUT2D eigenvalue weighted by Crippen LogP contribution is -3.00. The number of halogens is 1. The third-order valence-corrected chi connectivity index (χ3v) is 13.5. The van der Waals surface area contributed by atoms with Crippen LogP contribution in [0, 0.1) is 0 Å². The molecule has 0 aromatic rings. The Morgan fingerprint density at radius 3 is 1.00 bits per heavy atom. The van der Waals surface area contributed by atoms with Gasteiger partial charge in [0, 0.05) is 19.3 Å².